The monoisotopic (exact) mass is 376 g/mol. The van der Waals surface area contributed by atoms with Crippen molar-refractivity contribution in [2.75, 3.05) is 11.9 Å². The Morgan fingerprint density at radius 2 is 1.93 bits per heavy atom. The second-order valence-electron chi connectivity index (χ2n) is 7.26. The van der Waals surface area contributed by atoms with Crippen LogP contribution < -0.4 is 5.32 Å². The van der Waals surface area contributed by atoms with Gasteiger partial charge in [0.1, 0.15) is 5.69 Å². The molecule has 0 aliphatic heterocycles. The summed E-state index contributed by atoms with van der Waals surface area (Å²) < 4.78 is 5.02. The number of amides is 1. The third kappa shape index (κ3) is 6.34. The number of nitro benzene ring substituents is 1. The van der Waals surface area contributed by atoms with Crippen LogP contribution in [0.5, 0.6) is 0 Å². The van der Waals surface area contributed by atoms with Crippen molar-refractivity contribution < 1.29 is 19.2 Å². The fourth-order valence-corrected chi connectivity index (χ4v) is 3.52. The lowest BCUT2D eigenvalue weighted by Gasteiger charge is -2.20. The van der Waals surface area contributed by atoms with Gasteiger partial charge in [0, 0.05) is 12.5 Å². The Morgan fingerprint density at radius 1 is 1.22 bits per heavy atom. The van der Waals surface area contributed by atoms with Gasteiger partial charge in [-0.05, 0) is 43.7 Å². The lowest BCUT2D eigenvalue weighted by molar-refractivity contribution is -0.384. The zero-order chi connectivity index (χ0) is 19.8. The first-order valence-corrected chi connectivity index (χ1v) is 9.58. The zero-order valence-corrected chi connectivity index (χ0v) is 16.1. The van der Waals surface area contributed by atoms with E-state index in [4.69, 9.17) is 4.74 Å². The quantitative estimate of drug-likeness (QED) is 0.411. The highest BCUT2D eigenvalue weighted by Gasteiger charge is 2.20. The maximum Gasteiger partial charge on any atom is 0.306 e. The molecule has 1 aromatic rings. The smallest absolute Gasteiger partial charge is 0.306 e. The predicted molar refractivity (Wildman–Crippen MR) is 103 cm³/mol. The Balaban J connectivity index is 1.78. The highest BCUT2D eigenvalue weighted by Crippen LogP contribution is 2.30. The average molecular weight is 376 g/mol. The molecule has 1 aliphatic rings. The third-order valence-corrected chi connectivity index (χ3v) is 5.26. The molecule has 7 heteroatoms. The van der Waals surface area contributed by atoms with Crippen LogP contribution in [-0.2, 0) is 14.3 Å². The lowest BCUT2D eigenvalue weighted by Crippen LogP contribution is -2.22. The Labute approximate surface area is 159 Å². The summed E-state index contributed by atoms with van der Waals surface area (Å²) in [4.78, 5) is 34.5. The second-order valence-corrected chi connectivity index (χ2v) is 7.26. The molecule has 0 aromatic heterocycles. The van der Waals surface area contributed by atoms with Crippen molar-refractivity contribution in [3.63, 3.8) is 0 Å². The van der Waals surface area contributed by atoms with Gasteiger partial charge in [0.15, 0.2) is 6.61 Å². The molecule has 0 spiro atoms. The van der Waals surface area contributed by atoms with Crippen LogP contribution in [0.25, 0.3) is 0 Å². The van der Waals surface area contributed by atoms with Gasteiger partial charge in [-0.25, -0.2) is 0 Å². The zero-order valence-electron chi connectivity index (χ0n) is 16.1. The molecule has 0 atom stereocenters. The van der Waals surface area contributed by atoms with Crippen LogP contribution in [-0.4, -0.2) is 23.4 Å². The Bertz CT molecular complexity index is 696. The molecule has 0 unspecified atom stereocenters. The molecule has 1 fully saturated rings. The number of carbonyl (C=O) groups excluding carboxylic acids is 2. The number of carbonyl (C=O) groups is 2. The van der Waals surface area contributed by atoms with E-state index in [1.54, 1.807) is 19.9 Å². The maximum absolute atomic E-state index is 12.1. The van der Waals surface area contributed by atoms with E-state index in [9.17, 15) is 19.7 Å². The van der Waals surface area contributed by atoms with E-state index in [1.165, 1.54) is 38.2 Å². The Hall–Kier alpha value is -2.44. The highest BCUT2D eigenvalue weighted by molar-refractivity contribution is 5.96. The standard InChI is InChI=1S/C20H28N2O5/c1-14-11-12-17(22(25)26)20(15(14)2)21-18(23)13-27-19(24)10-6-9-16-7-4-3-5-8-16/h11-12,16H,3-10,13H2,1-2H3,(H,21,23). The molecule has 2 rings (SSSR count). The van der Waals surface area contributed by atoms with Gasteiger partial charge < -0.3 is 10.1 Å². The number of nitro groups is 1. The molecule has 1 aliphatic carbocycles. The summed E-state index contributed by atoms with van der Waals surface area (Å²) in [5.41, 5.74) is 1.43. The SMILES string of the molecule is Cc1ccc([N+](=O)[O-])c(NC(=O)COC(=O)CCCC2CCCCC2)c1C. The predicted octanol–water partition coefficient (Wildman–Crippen LogP) is 4.44. The van der Waals surface area contributed by atoms with E-state index in [0.717, 1.165) is 18.4 Å². The van der Waals surface area contributed by atoms with E-state index in [1.807, 2.05) is 0 Å². The summed E-state index contributed by atoms with van der Waals surface area (Å²) in [6.45, 7) is 3.07. The Kier molecular flexibility index (Phi) is 7.76. The van der Waals surface area contributed by atoms with Gasteiger partial charge in [-0.2, -0.15) is 0 Å². The minimum absolute atomic E-state index is 0.151. The summed E-state index contributed by atoms with van der Waals surface area (Å²) in [7, 11) is 0. The van der Waals surface area contributed by atoms with Gasteiger partial charge >= 0.3 is 5.97 Å². The minimum atomic E-state index is -0.576. The van der Waals surface area contributed by atoms with Crippen molar-refractivity contribution in [3.8, 4) is 0 Å². The molecule has 1 aromatic carbocycles. The van der Waals surface area contributed by atoms with Crippen LogP contribution in [0.3, 0.4) is 0 Å². The van der Waals surface area contributed by atoms with Crippen LogP contribution in [0.2, 0.25) is 0 Å². The number of aryl methyl sites for hydroxylation is 1. The first kappa shape index (κ1) is 20.9. The van der Waals surface area contributed by atoms with Gasteiger partial charge in [0.2, 0.25) is 0 Å². The fraction of sp³-hybridized carbons (Fsp3) is 0.600. The van der Waals surface area contributed by atoms with Crippen LogP contribution in [0.4, 0.5) is 11.4 Å². The first-order valence-electron chi connectivity index (χ1n) is 9.58. The molecular formula is C20H28N2O5. The number of hydrogen-bond donors (Lipinski definition) is 1. The number of nitrogens with one attached hydrogen (secondary N) is 1. The first-order chi connectivity index (χ1) is 12.9. The molecular weight excluding hydrogens is 348 g/mol. The molecule has 1 amide bonds. The summed E-state index contributed by atoms with van der Waals surface area (Å²) in [6.07, 6.45) is 8.45. The molecule has 7 nitrogen and oxygen atoms in total. The van der Waals surface area contributed by atoms with Gasteiger partial charge in [-0.1, -0.05) is 38.2 Å². The van der Waals surface area contributed by atoms with E-state index in [-0.39, 0.29) is 11.4 Å². The van der Waals surface area contributed by atoms with Crippen molar-refractivity contribution in [1.29, 1.82) is 0 Å². The van der Waals surface area contributed by atoms with E-state index in [0.29, 0.717) is 17.9 Å². The minimum Gasteiger partial charge on any atom is -0.456 e. The molecule has 0 radical (unpaired) electrons. The number of esters is 1. The molecule has 0 heterocycles. The van der Waals surface area contributed by atoms with Crippen LogP contribution in [0.1, 0.15) is 62.5 Å². The van der Waals surface area contributed by atoms with Crippen molar-refractivity contribution in [2.45, 2.75) is 65.2 Å². The van der Waals surface area contributed by atoms with Crippen molar-refractivity contribution in [2.24, 2.45) is 5.92 Å². The topological polar surface area (TPSA) is 98.5 Å². The summed E-state index contributed by atoms with van der Waals surface area (Å²) in [5, 5.41) is 13.7. The number of anilines is 1. The fourth-order valence-electron chi connectivity index (χ4n) is 3.52. The molecule has 0 saturated heterocycles. The number of nitrogens with zero attached hydrogens (tertiary/aromatic N) is 1. The third-order valence-electron chi connectivity index (χ3n) is 5.26. The number of hydrogen-bond acceptors (Lipinski definition) is 5. The van der Waals surface area contributed by atoms with Gasteiger partial charge in [0.25, 0.3) is 11.6 Å². The van der Waals surface area contributed by atoms with E-state index in [2.05, 4.69) is 5.32 Å². The van der Waals surface area contributed by atoms with Crippen LogP contribution in [0.15, 0.2) is 12.1 Å². The number of rotatable bonds is 8. The van der Waals surface area contributed by atoms with Crippen molar-refractivity contribution >= 4 is 23.3 Å². The van der Waals surface area contributed by atoms with E-state index < -0.39 is 23.4 Å². The summed E-state index contributed by atoms with van der Waals surface area (Å²) in [5.74, 6) is -0.274. The van der Waals surface area contributed by atoms with E-state index >= 15 is 0 Å². The normalized spacial score (nSPS) is 14.6. The molecule has 1 saturated carbocycles. The number of ether oxygens (including phenoxy) is 1. The van der Waals surface area contributed by atoms with Crippen molar-refractivity contribution in [3.05, 3.63) is 33.4 Å². The van der Waals surface area contributed by atoms with Gasteiger partial charge in [0.05, 0.1) is 4.92 Å². The number of benzene rings is 1. The van der Waals surface area contributed by atoms with Gasteiger partial charge in [-0.15, -0.1) is 0 Å². The summed E-state index contributed by atoms with van der Waals surface area (Å²) >= 11 is 0. The molecule has 148 valence electrons. The van der Waals surface area contributed by atoms with Crippen molar-refractivity contribution in [1.82, 2.24) is 0 Å². The molecule has 0 bridgehead atoms. The van der Waals surface area contributed by atoms with Crippen LogP contribution in [0, 0.1) is 29.9 Å². The molecule has 27 heavy (non-hydrogen) atoms. The Morgan fingerprint density at radius 3 is 2.59 bits per heavy atom. The second kappa shape index (κ2) is 10.0. The summed E-state index contributed by atoms with van der Waals surface area (Å²) in [6, 6.07) is 2.99. The maximum atomic E-state index is 12.1. The van der Waals surface area contributed by atoms with Gasteiger partial charge in [-0.3, -0.25) is 19.7 Å². The highest BCUT2D eigenvalue weighted by atomic mass is 16.6. The molecule has 1 N–H and O–H groups in total. The van der Waals surface area contributed by atoms with Crippen LogP contribution >= 0.6 is 0 Å². The largest absolute Gasteiger partial charge is 0.456 e. The lowest BCUT2D eigenvalue weighted by atomic mass is 9.86. The average Bonchev–Trinajstić information content (AvgIpc) is 2.64.